The fourth-order valence-electron chi connectivity index (χ4n) is 1.97. The maximum absolute atomic E-state index is 5.90. The van der Waals surface area contributed by atoms with Crippen molar-refractivity contribution in [2.75, 3.05) is 5.32 Å². The van der Waals surface area contributed by atoms with E-state index in [9.17, 15) is 0 Å². The highest BCUT2D eigenvalue weighted by molar-refractivity contribution is 6.30. The molecule has 94 valence electrons. The van der Waals surface area contributed by atoms with Gasteiger partial charge in [-0.2, -0.15) is 0 Å². The summed E-state index contributed by atoms with van der Waals surface area (Å²) in [5.41, 5.74) is 3.75. The molecule has 2 aromatic carbocycles. The molecule has 1 unspecified atom stereocenters. The summed E-state index contributed by atoms with van der Waals surface area (Å²) in [5.74, 6) is 0. The first kappa shape index (κ1) is 13.0. The monoisotopic (exact) mass is 259 g/mol. The first-order valence-electron chi connectivity index (χ1n) is 6.30. The first-order chi connectivity index (χ1) is 8.69. The summed E-state index contributed by atoms with van der Waals surface area (Å²) >= 11 is 5.90. The lowest BCUT2D eigenvalue weighted by atomic mass is 10.1. The van der Waals surface area contributed by atoms with Crippen molar-refractivity contribution in [3.05, 3.63) is 64.7 Å². The normalized spacial score (nSPS) is 12.2. The SMILES string of the molecule is CCc1cccc(NC(C)c2ccc(Cl)cc2)c1. The molecule has 2 heteroatoms. The van der Waals surface area contributed by atoms with Crippen molar-refractivity contribution < 1.29 is 0 Å². The smallest absolute Gasteiger partial charge is 0.0485 e. The molecule has 0 spiro atoms. The average Bonchev–Trinajstić information content (AvgIpc) is 2.39. The highest BCUT2D eigenvalue weighted by atomic mass is 35.5. The number of aryl methyl sites for hydroxylation is 1. The molecule has 0 saturated heterocycles. The Morgan fingerprint density at radius 1 is 1.11 bits per heavy atom. The second-order valence-electron chi connectivity index (χ2n) is 4.47. The minimum absolute atomic E-state index is 0.273. The largest absolute Gasteiger partial charge is 0.379 e. The lowest BCUT2D eigenvalue weighted by Gasteiger charge is -2.16. The molecule has 0 aromatic heterocycles. The van der Waals surface area contributed by atoms with Gasteiger partial charge in [0, 0.05) is 16.8 Å². The third-order valence-electron chi connectivity index (χ3n) is 3.09. The van der Waals surface area contributed by atoms with Crippen molar-refractivity contribution in [3.8, 4) is 0 Å². The molecule has 2 aromatic rings. The molecule has 18 heavy (non-hydrogen) atoms. The Morgan fingerprint density at radius 2 is 1.83 bits per heavy atom. The second kappa shape index (κ2) is 5.92. The molecule has 0 aliphatic rings. The number of benzene rings is 2. The van der Waals surface area contributed by atoms with Crippen LogP contribution >= 0.6 is 11.6 Å². The quantitative estimate of drug-likeness (QED) is 0.808. The van der Waals surface area contributed by atoms with E-state index in [0.29, 0.717) is 0 Å². The molecule has 0 aliphatic heterocycles. The lowest BCUT2D eigenvalue weighted by Crippen LogP contribution is -2.06. The summed E-state index contributed by atoms with van der Waals surface area (Å²) in [6, 6.07) is 16.8. The zero-order valence-corrected chi connectivity index (χ0v) is 11.5. The van der Waals surface area contributed by atoms with E-state index >= 15 is 0 Å². The minimum Gasteiger partial charge on any atom is -0.379 e. The van der Waals surface area contributed by atoms with Gasteiger partial charge < -0.3 is 5.32 Å². The van der Waals surface area contributed by atoms with Crippen molar-refractivity contribution in [2.24, 2.45) is 0 Å². The van der Waals surface area contributed by atoms with Crippen molar-refractivity contribution in [1.82, 2.24) is 0 Å². The van der Waals surface area contributed by atoms with Gasteiger partial charge in [0.05, 0.1) is 0 Å². The molecular formula is C16H18ClN. The Bertz CT molecular complexity index is 505. The van der Waals surface area contributed by atoms with Gasteiger partial charge in [-0.05, 0) is 48.7 Å². The molecule has 0 aliphatic carbocycles. The van der Waals surface area contributed by atoms with Crippen molar-refractivity contribution in [2.45, 2.75) is 26.3 Å². The summed E-state index contributed by atoms with van der Waals surface area (Å²) in [5, 5.41) is 4.29. The predicted octanol–water partition coefficient (Wildman–Crippen LogP) is 5.08. The number of hydrogen-bond donors (Lipinski definition) is 1. The van der Waals surface area contributed by atoms with Crippen LogP contribution in [0.25, 0.3) is 0 Å². The third-order valence-corrected chi connectivity index (χ3v) is 3.34. The number of rotatable bonds is 4. The van der Waals surface area contributed by atoms with Crippen molar-refractivity contribution in [1.29, 1.82) is 0 Å². The van der Waals surface area contributed by atoms with Crippen LogP contribution in [0.5, 0.6) is 0 Å². The van der Waals surface area contributed by atoms with Crippen LogP contribution in [0.15, 0.2) is 48.5 Å². The highest BCUT2D eigenvalue weighted by Gasteiger charge is 2.05. The fraction of sp³-hybridized carbons (Fsp3) is 0.250. The van der Waals surface area contributed by atoms with E-state index in [-0.39, 0.29) is 6.04 Å². The van der Waals surface area contributed by atoms with Gasteiger partial charge in [0.1, 0.15) is 0 Å². The van der Waals surface area contributed by atoms with E-state index in [1.54, 1.807) is 0 Å². The third kappa shape index (κ3) is 3.27. The van der Waals surface area contributed by atoms with E-state index in [1.165, 1.54) is 11.1 Å². The van der Waals surface area contributed by atoms with Gasteiger partial charge in [-0.3, -0.25) is 0 Å². The Morgan fingerprint density at radius 3 is 2.50 bits per heavy atom. The van der Waals surface area contributed by atoms with Crippen LogP contribution in [0.2, 0.25) is 5.02 Å². The topological polar surface area (TPSA) is 12.0 Å². The summed E-state index contributed by atoms with van der Waals surface area (Å²) in [7, 11) is 0. The highest BCUT2D eigenvalue weighted by Crippen LogP contribution is 2.21. The molecule has 0 heterocycles. The summed E-state index contributed by atoms with van der Waals surface area (Å²) in [6.07, 6.45) is 1.06. The molecule has 0 amide bonds. The predicted molar refractivity (Wildman–Crippen MR) is 79.3 cm³/mol. The van der Waals surface area contributed by atoms with Crippen LogP contribution in [0.4, 0.5) is 5.69 Å². The van der Waals surface area contributed by atoms with Crippen LogP contribution in [0, 0.1) is 0 Å². The van der Waals surface area contributed by atoms with E-state index in [1.807, 2.05) is 12.1 Å². The Hall–Kier alpha value is -1.47. The van der Waals surface area contributed by atoms with E-state index in [2.05, 4.69) is 55.6 Å². The van der Waals surface area contributed by atoms with Gasteiger partial charge in [0.15, 0.2) is 0 Å². The second-order valence-corrected chi connectivity index (χ2v) is 4.91. The molecule has 0 saturated carbocycles. The van der Waals surface area contributed by atoms with Gasteiger partial charge in [-0.1, -0.05) is 42.8 Å². The minimum atomic E-state index is 0.273. The van der Waals surface area contributed by atoms with Crippen LogP contribution in [-0.4, -0.2) is 0 Å². The van der Waals surface area contributed by atoms with E-state index in [4.69, 9.17) is 11.6 Å². The maximum atomic E-state index is 5.90. The summed E-state index contributed by atoms with van der Waals surface area (Å²) in [4.78, 5) is 0. The van der Waals surface area contributed by atoms with Gasteiger partial charge in [0.25, 0.3) is 0 Å². The number of halogens is 1. The summed E-state index contributed by atoms with van der Waals surface area (Å²) in [6.45, 7) is 4.32. The Kier molecular flexibility index (Phi) is 4.27. The van der Waals surface area contributed by atoms with E-state index in [0.717, 1.165) is 17.1 Å². The number of hydrogen-bond acceptors (Lipinski definition) is 1. The van der Waals surface area contributed by atoms with Crippen molar-refractivity contribution >= 4 is 17.3 Å². The molecule has 0 fully saturated rings. The van der Waals surface area contributed by atoms with E-state index < -0.39 is 0 Å². The molecule has 1 nitrogen and oxygen atoms in total. The standard InChI is InChI=1S/C16H18ClN/c1-3-13-5-4-6-16(11-13)18-12(2)14-7-9-15(17)10-8-14/h4-12,18H,3H2,1-2H3. The molecular weight excluding hydrogens is 242 g/mol. The summed E-state index contributed by atoms with van der Waals surface area (Å²) < 4.78 is 0. The average molecular weight is 260 g/mol. The molecule has 2 rings (SSSR count). The van der Waals surface area contributed by atoms with Gasteiger partial charge >= 0.3 is 0 Å². The van der Waals surface area contributed by atoms with Gasteiger partial charge in [-0.25, -0.2) is 0 Å². The first-order valence-corrected chi connectivity index (χ1v) is 6.68. The van der Waals surface area contributed by atoms with Crippen LogP contribution < -0.4 is 5.32 Å². The van der Waals surface area contributed by atoms with Crippen LogP contribution in [0.3, 0.4) is 0 Å². The van der Waals surface area contributed by atoms with Crippen LogP contribution in [-0.2, 0) is 6.42 Å². The Labute approximate surface area is 114 Å². The van der Waals surface area contributed by atoms with Crippen LogP contribution in [0.1, 0.15) is 31.0 Å². The molecule has 0 bridgehead atoms. The van der Waals surface area contributed by atoms with Gasteiger partial charge in [-0.15, -0.1) is 0 Å². The zero-order chi connectivity index (χ0) is 13.0. The number of anilines is 1. The lowest BCUT2D eigenvalue weighted by molar-refractivity contribution is 0.884. The molecule has 1 N–H and O–H groups in total. The Balaban J connectivity index is 2.10. The molecule has 1 atom stereocenters. The number of nitrogens with one attached hydrogen (secondary N) is 1. The van der Waals surface area contributed by atoms with Crippen molar-refractivity contribution in [3.63, 3.8) is 0 Å². The fourth-order valence-corrected chi connectivity index (χ4v) is 2.09. The van der Waals surface area contributed by atoms with Gasteiger partial charge in [0.2, 0.25) is 0 Å². The maximum Gasteiger partial charge on any atom is 0.0485 e. The zero-order valence-electron chi connectivity index (χ0n) is 10.8. The molecule has 0 radical (unpaired) electrons.